The van der Waals surface area contributed by atoms with Crippen molar-refractivity contribution in [3.05, 3.63) is 53.1 Å². The van der Waals surface area contributed by atoms with Gasteiger partial charge in [0.25, 0.3) is 0 Å². The number of nitrogens with zero attached hydrogens (tertiary/aromatic N) is 1. The van der Waals surface area contributed by atoms with E-state index < -0.39 is 5.95 Å². The molecule has 1 heterocycles. The van der Waals surface area contributed by atoms with Crippen LogP contribution in [0.5, 0.6) is 0 Å². The van der Waals surface area contributed by atoms with Gasteiger partial charge in [-0.1, -0.05) is 17.7 Å². The van der Waals surface area contributed by atoms with Crippen molar-refractivity contribution in [2.75, 3.05) is 5.32 Å². The Bertz CT molecular complexity index is 514. The summed E-state index contributed by atoms with van der Waals surface area (Å²) in [6, 6.07) is 8.64. The Labute approximate surface area is 98.1 Å². The van der Waals surface area contributed by atoms with Crippen LogP contribution in [0.25, 0.3) is 0 Å². The summed E-state index contributed by atoms with van der Waals surface area (Å²) in [5, 5.41) is 3.64. The average molecular weight is 237 g/mol. The number of rotatable bonds is 2. The van der Waals surface area contributed by atoms with E-state index in [2.05, 4.69) is 10.3 Å². The lowest BCUT2D eigenvalue weighted by Gasteiger charge is -2.08. The van der Waals surface area contributed by atoms with Crippen LogP contribution in [0, 0.1) is 12.9 Å². The number of nitrogens with one attached hydrogen (secondary N) is 1. The second-order valence-corrected chi connectivity index (χ2v) is 3.88. The zero-order chi connectivity index (χ0) is 11.5. The summed E-state index contributed by atoms with van der Waals surface area (Å²) >= 11 is 6.05. The van der Waals surface area contributed by atoms with Crippen molar-refractivity contribution in [1.82, 2.24) is 4.98 Å². The topological polar surface area (TPSA) is 24.9 Å². The SMILES string of the molecule is Cc1ccc(Nc2ccnc(F)c2)c(Cl)c1. The molecule has 0 atom stereocenters. The number of hydrogen-bond donors (Lipinski definition) is 1. The van der Waals surface area contributed by atoms with E-state index in [-0.39, 0.29) is 0 Å². The summed E-state index contributed by atoms with van der Waals surface area (Å²) in [6.45, 7) is 1.96. The van der Waals surface area contributed by atoms with Crippen molar-refractivity contribution >= 4 is 23.0 Å². The fourth-order valence-electron chi connectivity index (χ4n) is 1.36. The maximum Gasteiger partial charge on any atom is 0.214 e. The second kappa shape index (κ2) is 4.49. The van der Waals surface area contributed by atoms with Gasteiger partial charge in [-0.2, -0.15) is 4.39 Å². The molecule has 0 saturated carbocycles. The molecule has 0 spiro atoms. The smallest absolute Gasteiger partial charge is 0.214 e. The first kappa shape index (κ1) is 10.9. The maximum absolute atomic E-state index is 12.9. The molecule has 0 aliphatic rings. The van der Waals surface area contributed by atoms with Crippen LogP contribution in [0.2, 0.25) is 5.02 Å². The van der Waals surface area contributed by atoms with Crippen molar-refractivity contribution in [2.45, 2.75) is 6.92 Å². The molecule has 1 aromatic carbocycles. The molecule has 1 N–H and O–H groups in total. The van der Waals surface area contributed by atoms with Crippen LogP contribution in [0.1, 0.15) is 5.56 Å². The van der Waals surface area contributed by atoms with Crippen LogP contribution in [-0.4, -0.2) is 4.98 Å². The maximum atomic E-state index is 12.9. The third-order valence-electron chi connectivity index (χ3n) is 2.13. The predicted octanol–water partition coefficient (Wildman–Crippen LogP) is 3.93. The summed E-state index contributed by atoms with van der Waals surface area (Å²) in [4.78, 5) is 3.48. The van der Waals surface area contributed by atoms with E-state index in [4.69, 9.17) is 11.6 Å². The third-order valence-corrected chi connectivity index (χ3v) is 2.44. The monoisotopic (exact) mass is 236 g/mol. The largest absolute Gasteiger partial charge is 0.354 e. The number of halogens is 2. The fourth-order valence-corrected chi connectivity index (χ4v) is 1.64. The highest BCUT2D eigenvalue weighted by Gasteiger charge is 2.01. The fraction of sp³-hybridized carbons (Fsp3) is 0.0833. The lowest BCUT2D eigenvalue weighted by molar-refractivity contribution is 0.584. The average Bonchev–Trinajstić information content (AvgIpc) is 2.22. The Morgan fingerprint density at radius 1 is 1.25 bits per heavy atom. The zero-order valence-electron chi connectivity index (χ0n) is 8.67. The van der Waals surface area contributed by atoms with Crippen molar-refractivity contribution in [3.63, 3.8) is 0 Å². The van der Waals surface area contributed by atoms with Gasteiger partial charge in [-0.25, -0.2) is 4.98 Å². The molecule has 0 fully saturated rings. The highest BCUT2D eigenvalue weighted by atomic mass is 35.5. The van der Waals surface area contributed by atoms with E-state index in [1.54, 1.807) is 6.07 Å². The second-order valence-electron chi connectivity index (χ2n) is 3.48. The molecule has 0 radical (unpaired) electrons. The van der Waals surface area contributed by atoms with E-state index in [1.807, 2.05) is 25.1 Å². The molecule has 0 aliphatic heterocycles. The summed E-state index contributed by atoms with van der Waals surface area (Å²) in [6.07, 6.45) is 1.40. The summed E-state index contributed by atoms with van der Waals surface area (Å²) < 4.78 is 12.9. The number of aryl methyl sites for hydroxylation is 1. The van der Waals surface area contributed by atoms with E-state index >= 15 is 0 Å². The highest BCUT2D eigenvalue weighted by molar-refractivity contribution is 6.33. The number of benzene rings is 1. The lowest BCUT2D eigenvalue weighted by Crippen LogP contribution is -1.93. The van der Waals surface area contributed by atoms with Crippen molar-refractivity contribution in [1.29, 1.82) is 0 Å². The van der Waals surface area contributed by atoms with Crippen LogP contribution in [0.4, 0.5) is 15.8 Å². The molecule has 0 bridgehead atoms. The highest BCUT2D eigenvalue weighted by Crippen LogP contribution is 2.26. The van der Waals surface area contributed by atoms with Crippen molar-refractivity contribution in [3.8, 4) is 0 Å². The van der Waals surface area contributed by atoms with Crippen LogP contribution < -0.4 is 5.32 Å². The molecule has 0 amide bonds. The molecule has 16 heavy (non-hydrogen) atoms. The Hall–Kier alpha value is -1.61. The summed E-state index contributed by atoms with van der Waals surface area (Å²) in [5.74, 6) is -0.520. The molecule has 0 aliphatic carbocycles. The van der Waals surface area contributed by atoms with E-state index in [0.717, 1.165) is 11.3 Å². The van der Waals surface area contributed by atoms with Gasteiger partial charge in [0, 0.05) is 18.0 Å². The minimum absolute atomic E-state index is 0.520. The molecule has 2 rings (SSSR count). The van der Waals surface area contributed by atoms with E-state index in [9.17, 15) is 4.39 Å². The first-order valence-electron chi connectivity index (χ1n) is 4.80. The summed E-state index contributed by atoms with van der Waals surface area (Å²) in [7, 11) is 0. The molecule has 2 aromatic rings. The third kappa shape index (κ3) is 2.49. The lowest BCUT2D eigenvalue weighted by atomic mass is 10.2. The van der Waals surface area contributed by atoms with E-state index in [0.29, 0.717) is 10.7 Å². The van der Waals surface area contributed by atoms with Gasteiger partial charge in [0.15, 0.2) is 0 Å². The number of aromatic nitrogens is 1. The Morgan fingerprint density at radius 2 is 2.06 bits per heavy atom. The summed E-state index contributed by atoms with van der Waals surface area (Å²) in [5.41, 5.74) is 2.45. The van der Waals surface area contributed by atoms with Crippen LogP contribution in [-0.2, 0) is 0 Å². The number of hydrogen-bond acceptors (Lipinski definition) is 2. The quantitative estimate of drug-likeness (QED) is 0.800. The van der Waals surface area contributed by atoms with Gasteiger partial charge < -0.3 is 5.32 Å². The van der Waals surface area contributed by atoms with Gasteiger partial charge in [-0.3, -0.25) is 0 Å². The van der Waals surface area contributed by atoms with Gasteiger partial charge >= 0.3 is 0 Å². The minimum Gasteiger partial charge on any atom is -0.354 e. The van der Waals surface area contributed by atoms with Gasteiger partial charge in [0.05, 0.1) is 10.7 Å². The van der Waals surface area contributed by atoms with E-state index in [1.165, 1.54) is 12.3 Å². The van der Waals surface area contributed by atoms with Gasteiger partial charge in [0.1, 0.15) is 0 Å². The molecule has 4 heteroatoms. The standard InChI is InChI=1S/C12H10ClFN2/c1-8-2-3-11(10(13)6-8)16-9-4-5-15-12(14)7-9/h2-7H,1H3,(H,15,16). The number of pyridine rings is 1. The van der Waals surface area contributed by atoms with Crippen molar-refractivity contribution < 1.29 is 4.39 Å². The Balaban J connectivity index is 2.27. The normalized spacial score (nSPS) is 10.2. The van der Waals surface area contributed by atoms with Gasteiger partial charge in [-0.05, 0) is 30.7 Å². The van der Waals surface area contributed by atoms with Crippen LogP contribution in [0.15, 0.2) is 36.5 Å². The van der Waals surface area contributed by atoms with Crippen LogP contribution in [0.3, 0.4) is 0 Å². The Morgan fingerprint density at radius 3 is 2.75 bits per heavy atom. The first-order chi connectivity index (χ1) is 7.65. The Kier molecular flexibility index (Phi) is 3.06. The van der Waals surface area contributed by atoms with Gasteiger partial charge in [-0.15, -0.1) is 0 Å². The molecular weight excluding hydrogens is 227 g/mol. The zero-order valence-corrected chi connectivity index (χ0v) is 9.42. The first-order valence-corrected chi connectivity index (χ1v) is 5.18. The molecule has 1 aromatic heterocycles. The molecule has 0 unspecified atom stereocenters. The van der Waals surface area contributed by atoms with Gasteiger partial charge in [0.2, 0.25) is 5.95 Å². The minimum atomic E-state index is -0.520. The van der Waals surface area contributed by atoms with Crippen LogP contribution >= 0.6 is 11.6 Å². The molecular formula is C12H10ClFN2. The number of anilines is 2. The molecule has 0 saturated heterocycles. The molecule has 82 valence electrons. The van der Waals surface area contributed by atoms with Crippen molar-refractivity contribution in [2.24, 2.45) is 0 Å². The molecule has 2 nitrogen and oxygen atoms in total. The predicted molar refractivity (Wildman–Crippen MR) is 63.7 cm³/mol.